The second kappa shape index (κ2) is 17.0. The molecule has 9 atom stereocenters. The molecule has 4 bridgehead atoms. The molecular formula is C41H68N6O4. The van der Waals surface area contributed by atoms with Crippen molar-refractivity contribution in [3.05, 3.63) is 35.4 Å². The first-order valence-electron chi connectivity index (χ1n) is 20.4. The van der Waals surface area contributed by atoms with Crippen molar-refractivity contribution < 1.29 is 20.1 Å². The van der Waals surface area contributed by atoms with Gasteiger partial charge in [0.25, 0.3) is 0 Å². The second-order valence-corrected chi connectivity index (χ2v) is 17.7. The standard InChI is InChI=1S/C41H68N6O4/c1-29-35(48)23-34(47-20-19-43-28-47)33(45-29)15-14-30-11-6-3-4-7-16-40(51,26-38(49)50)27-44-39(2)24-36(46-37(42)25-39)41(17-8-5-9-18-41)32-13-10-12-31(21-30)22-32/h10,12-13,19,22,29-30,33-37,44-46,48,51H,3-9,11,14-18,20-21,23-28,42H2,1-2H3,(H,49,50). The van der Waals surface area contributed by atoms with Crippen LogP contribution in [-0.2, 0) is 16.6 Å². The molecule has 1 aromatic carbocycles. The lowest BCUT2D eigenvalue weighted by atomic mass is 9.61. The van der Waals surface area contributed by atoms with E-state index in [1.807, 2.05) is 6.21 Å². The number of carboxylic acid groups (broad SMARTS) is 1. The van der Waals surface area contributed by atoms with Crippen molar-refractivity contribution in [1.29, 1.82) is 0 Å². The number of aliphatic hydroxyl groups excluding tert-OH is 1. The zero-order valence-electron chi connectivity index (χ0n) is 31.5. The number of carboxylic acids is 1. The van der Waals surface area contributed by atoms with Crippen molar-refractivity contribution in [3.8, 4) is 0 Å². The molecule has 0 amide bonds. The lowest BCUT2D eigenvalue weighted by Crippen LogP contribution is -2.67. The van der Waals surface area contributed by atoms with Gasteiger partial charge in [0.05, 0.1) is 31.0 Å². The second-order valence-electron chi connectivity index (χ2n) is 17.7. The third kappa shape index (κ3) is 9.80. The van der Waals surface area contributed by atoms with E-state index >= 15 is 0 Å². The zero-order valence-corrected chi connectivity index (χ0v) is 31.5. The average molecular weight is 709 g/mol. The fraction of sp³-hybridized carbons (Fsp3) is 0.805. The Morgan fingerprint density at radius 2 is 1.80 bits per heavy atom. The molecule has 9 unspecified atom stereocenters. The van der Waals surface area contributed by atoms with Crippen LogP contribution in [0.2, 0.25) is 0 Å². The molecule has 0 radical (unpaired) electrons. The molecule has 10 heteroatoms. The summed E-state index contributed by atoms with van der Waals surface area (Å²) in [7, 11) is 0. The van der Waals surface area contributed by atoms with Gasteiger partial charge in [-0.05, 0) is 88.7 Å². The molecule has 4 heterocycles. The molecule has 10 nitrogen and oxygen atoms in total. The van der Waals surface area contributed by atoms with Crippen LogP contribution < -0.4 is 21.7 Å². The number of piperidine rings is 2. The number of fused-ring (bicyclic) bond motifs is 6. The van der Waals surface area contributed by atoms with Gasteiger partial charge in [0.1, 0.15) is 0 Å². The van der Waals surface area contributed by atoms with Gasteiger partial charge in [-0.25, -0.2) is 0 Å². The van der Waals surface area contributed by atoms with Crippen LogP contribution in [0.5, 0.6) is 0 Å². The normalized spacial score (nSPS) is 38.6. The van der Waals surface area contributed by atoms with E-state index in [4.69, 9.17) is 5.73 Å². The number of hydrogen-bond acceptors (Lipinski definition) is 9. The molecule has 1 spiro atoms. The first-order valence-corrected chi connectivity index (χ1v) is 20.4. The molecule has 8 N–H and O–H groups in total. The highest BCUT2D eigenvalue weighted by molar-refractivity contribution is 5.68. The summed E-state index contributed by atoms with van der Waals surface area (Å²) in [6.45, 7) is 6.18. The summed E-state index contributed by atoms with van der Waals surface area (Å²) in [5.41, 5.74) is 8.02. The van der Waals surface area contributed by atoms with Gasteiger partial charge in [0.2, 0.25) is 0 Å². The lowest BCUT2D eigenvalue weighted by Gasteiger charge is -2.53. The van der Waals surface area contributed by atoms with E-state index in [-0.39, 0.29) is 54.3 Å². The Morgan fingerprint density at radius 1 is 1.04 bits per heavy atom. The van der Waals surface area contributed by atoms with Gasteiger partial charge in [0.15, 0.2) is 0 Å². The zero-order chi connectivity index (χ0) is 36.1. The van der Waals surface area contributed by atoms with Crippen LogP contribution in [0.25, 0.3) is 0 Å². The highest BCUT2D eigenvalue weighted by atomic mass is 16.4. The Morgan fingerprint density at radius 3 is 2.57 bits per heavy atom. The molecule has 5 aliphatic rings. The monoisotopic (exact) mass is 709 g/mol. The minimum Gasteiger partial charge on any atom is -0.481 e. The van der Waals surface area contributed by atoms with Crippen LogP contribution >= 0.6 is 0 Å². The van der Waals surface area contributed by atoms with Crippen molar-refractivity contribution in [2.75, 3.05) is 19.8 Å². The van der Waals surface area contributed by atoms with Crippen LogP contribution in [0.4, 0.5) is 0 Å². The molecular weight excluding hydrogens is 640 g/mol. The van der Waals surface area contributed by atoms with E-state index in [0.717, 1.165) is 96.7 Å². The van der Waals surface area contributed by atoms with E-state index in [1.165, 1.54) is 30.4 Å². The predicted octanol–water partition coefficient (Wildman–Crippen LogP) is 4.60. The minimum atomic E-state index is -1.29. The van der Waals surface area contributed by atoms with Crippen molar-refractivity contribution >= 4 is 12.2 Å². The molecule has 286 valence electrons. The topological polar surface area (TPSA) is 155 Å². The molecule has 2 saturated heterocycles. The SMILES string of the molecule is CC1NC(CCC2CCCCCCC(O)(CC(=O)O)CNC3(C)CC(N)NC(C3)C3(CCCCC3)c3cccc(c3)C2)C(N2CC=NC2)CC1O. The van der Waals surface area contributed by atoms with Gasteiger partial charge < -0.3 is 31.7 Å². The Labute approximate surface area is 306 Å². The molecule has 1 aromatic rings. The Balaban J connectivity index is 1.27. The Bertz CT molecular complexity index is 1310. The summed E-state index contributed by atoms with van der Waals surface area (Å²) in [5, 5.41) is 43.6. The third-order valence-corrected chi connectivity index (χ3v) is 13.6. The van der Waals surface area contributed by atoms with Crippen LogP contribution in [0.1, 0.15) is 134 Å². The van der Waals surface area contributed by atoms with Crippen LogP contribution in [0.15, 0.2) is 29.3 Å². The summed E-state index contributed by atoms with van der Waals surface area (Å²) >= 11 is 0. The third-order valence-electron chi connectivity index (χ3n) is 13.6. The number of benzene rings is 1. The number of nitrogens with two attached hydrogens (primary N) is 1. The number of carbonyl (C=O) groups is 1. The van der Waals surface area contributed by atoms with Crippen molar-refractivity contribution in [2.45, 2.75) is 182 Å². The van der Waals surface area contributed by atoms with E-state index in [0.29, 0.717) is 18.4 Å². The van der Waals surface area contributed by atoms with E-state index in [9.17, 15) is 20.1 Å². The van der Waals surface area contributed by atoms with E-state index in [2.05, 4.69) is 64.0 Å². The van der Waals surface area contributed by atoms with Crippen LogP contribution in [0.3, 0.4) is 0 Å². The summed E-state index contributed by atoms with van der Waals surface area (Å²) in [6.07, 6.45) is 18.4. The Hall–Kier alpha value is -1.92. The fourth-order valence-electron chi connectivity index (χ4n) is 10.6. The molecule has 4 aliphatic heterocycles. The van der Waals surface area contributed by atoms with Gasteiger partial charge >= 0.3 is 5.97 Å². The number of β-amino-alcohol motifs (C(OH)–C–C–N with tert-alkyl or cyclic N) is 1. The molecule has 3 fully saturated rings. The molecule has 1 saturated carbocycles. The first-order chi connectivity index (χ1) is 24.5. The number of rotatable bonds is 6. The number of nitrogens with one attached hydrogen (secondary N) is 3. The minimum absolute atomic E-state index is 0.0262. The molecule has 6 rings (SSSR count). The number of aliphatic imine (C=N–C) groups is 1. The lowest BCUT2D eigenvalue weighted by molar-refractivity contribution is -0.143. The summed E-state index contributed by atoms with van der Waals surface area (Å²) in [6, 6.07) is 10.4. The Kier molecular flexibility index (Phi) is 13.0. The number of nitrogens with zero attached hydrogens (tertiary/aromatic N) is 2. The highest BCUT2D eigenvalue weighted by Crippen LogP contribution is 2.46. The number of aliphatic hydroxyl groups is 2. The maximum absolute atomic E-state index is 11.9. The van der Waals surface area contributed by atoms with Crippen molar-refractivity contribution in [1.82, 2.24) is 20.9 Å². The number of aliphatic carboxylic acids is 1. The maximum Gasteiger partial charge on any atom is 0.306 e. The van der Waals surface area contributed by atoms with Crippen LogP contribution in [-0.4, -0.2) is 99.7 Å². The van der Waals surface area contributed by atoms with Gasteiger partial charge in [0, 0.05) is 54.4 Å². The summed E-state index contributed by atoms with van der Waals surface area (Å²) in [4.78, 5) is 18.8. The molecule has 51 heavy (non-hydrogen) atoms. The van der Waals surface area contributed by atoms with E-state index in [1.54, 1.807) is 0 Å². The van der Waals surface area contributed by atoms with Gasteiger partial charge in [-0.15, -0.1) is 0 Å². The van der Waals surface area contributed by atoms with Crippen LogP contribution in [0, 0.1) is 5.92 Å². The maximum atomic E-state index is 11.9. The number of hydrogen-bond donors (Lipinski definition) is 7. The molecule has 1 aliphatic carbocycles. The highest BCUT2D eigenvalue weighted by Gasteiger charge is 2.48. The van der Waals surface area contributed by atoms with Gasteiger partial charge in [-0.2, -0.15) is 0 Å². The first kappa shape index (κ1) is 38.8. The van der Waals surface area contributed by atoms with Gasteiger partial charge in [-0.1, -0.05) is 75.6 Å². The average Bonchev–Trinajstić information content (AvgIpc) is 3.64. The quantitative estimate of drug-likeness (QED) is 0.225. The van der Waals surface area contributed by atoms with Crippen molar-refractivity contribution in [2.24, 2.45) is 16.6 Å². The fourth-order valence-corrected chi connectivity index (χ4v) is 10.6. The van der Waals surface area contributed by atoms with E-state index < -0.39 is 11.6 Å². The largest absolute Gasteiger partial charge is 0.481 e. The molecule has 0 aromatic heterocycles. The summed E-state index contributed by atoms with van der Waals surface area (Å²) in [5.74, 6) is -0.412. The smallest absolute Gasteiger partial charge is 0.306 e. The summed E-state index contributed by atoms with van der Waals surface area (Å²) < 4.78 is 0. The predicted molar refractivity (Wildman–Crippen MR) is 204 cm³/mol. The van der Waals surface area contributed by atoms with Gasteiger partial charge in [-0.3, -0.25) is 20.0 Å². The van der Waals surface area contributed by atoms with Crippen molar-refractivity contribution in [3.63, 3.8) is 0 Å².